The number of carboxylic acids is 1. The van der Waals surface area contributed by atoms with Crippen LogP contribution in [0, 0.1) is 0 Å². The molecule has 7 nitrogen and oxygen atoms in total. The maximum atomic E-state index is 12.8. The molecule has 0 amide bonds. The van der Waals surface area contributed by atoms with Crippen molar-refractivity contribution in [2.24, 2.45) is 0 Å². The fourth-order valence-corrected chi connectivity index (χ4v) is 4.24. The highest BCUT2D eigenvalue weighted by Crippen LogP contribution is 2.27. The first kappa shape index (κ1) is 22.3. The van der Waals surface area contributed by atoms with Crippen LogP contribution in [0.5, 0.6) is 0 Å². The minimum atomic E-state index is -4.04. The molecular weight excluding hydrogens is 442 g/mol. The quantitative estimate of drug-likeness (QED) is 0.512. The summed E-state index contributed by atoms with van der Waals surface area (Å²) in [5.74, 6) is -1.69. The molecule has 2 N–H and O–H groups in total. The van der Waals surface area contributed by atoms with E-state index < -0.39 is 16.0 Å². The SMILES string of the molecule is COC(=O)Cc1ccccc1-c1ccc(S(=O)(=O)Nc2ccc(Cl)cc2C(=O)O)cc1. The van der Waals surface area contributed by atoms with E-state index in [1.807, 2.05) is 12.1 Å². The van der Waals surface area contributed by atoms with Crippen molar-refractivity contribution in [1.29, 1.82) is 0 Å². The van der Waals surface area contributed by atoms with E-state index in [2.05, 4.69) is 4.72 Å². The Morgan fingerprint density at radius 1 is 1.03 bits per heavy atom. The molecule has 0 aliphatic rings. The van der Waals surface area contributed by atoms with Gasteiger partial charge in [0.25, 0.3) is 10.0 Å². The molecule has 0 heterocycles. The first-order chi connectivity index (χ1) is 14.7. The lowest BCUT2D eigenvalue weighted by Crippen LogP contribution is -2.15. The monoisotopic (exact) mass is 459 g/mol. The number of benzene rings is 3. The Morgan fingerprint density at radius 3 is 2.35 bits per heavy atom. The van der Waals surface area contributed by atoms with Crippen molar-refractivity contribution >= 4 is 39.3 Å². The predicted octanol–water partition coefficient (Wildman–Crippen LogP) is 4.22. The van der Waals surface area contributed by atoms with Crippen LogP contribution in [0.15, 0.2) is 71.6 Å². The van der Waals surface area contributed by atoms with Crippen LogP contribution in [0.1, 0.15) is 15.9 Å². The Kier molecular flexibility index (Phi) is 6.62. The number of ether oxygens (including phenoxy) is 1. The summed E-state index contributed by atoms with van der Waals surface area (Å²) in [7, 11) is -2.73. The summed E-state index contributed by atoms with van der Waals surface area (Å²) >= 11 is 5.81. The first-order valence-corrected chi connectivity index (χ1v) is 10.9. The van der Waals surface area contributed by atoms with Gasteiger partial charge in [0, 0.05) is 5.02 Å². The van der Waals surface area contributed by atoms with E-state index in [9.17, 15) is 23.1 Å². The molecule has 0 aromatic heterocycles. The van der Waals surface area contributed by atoms with Crippen LogP contribution in [-0.2, 0) is 26.0 Å². The van der Waals surface area contributed by atoms with Crippen LogP contribution in [-0.4, -0.2) is 32.6 Å². The molecule has 0 saturated carbocycles. The number of hydrogen-bond donors (Lipinski definition) is 2. The number of sulfonamides is 1. The second-order valence-corrected chi connectivity index (χ2v) is 8.65. The summed E-state index contributed by atoms with van der Waals surface area (Å²) < 4.78 is 32.5. The predicted molar refractivity (Wildman–Crippen MR) is 117 cm³/mol. The van der Waals surface area contributed by atoms with Gasteiger partial charge in [-0.15, -0.1) is 0 Å². The van der Waals surface area contributed by atoms with Crippen LogP contribution in [0.4, 0.5) is 5.69 Å². The van der Waals surface area contributed by atoms with Crippen LogP contribution in [0.25, 0.3) is 11.1 Å². The molecule has 0 unspecified atom stereocenters. The van der Waals surface area contributed by atoms with E-state index in [0.29, 0.717) is 0 Å². The zero-order valence-corrected chi connectivity index (χ0v) is 17.9. The third-order valence-electron chi connectivity index (χ3n) is 4.51. The molecular formula is C22H18ClNO6S. The minimum absolute atomic E-state index is 0.0482. The van der Waals surface area contributed by atoms with Crippen LogP contribution >= 0.6 is 11.6 Å². The third kappa shape index (κ3) is 5.22. The minimum Gasteiger partial charge on any atom is -0.478 e. The number of carboxylic acid groups (broad SMARTS) is 1. The van der Waals surface area contributed by atoms with Gasteiger partial charge in [-0.1, -0.05) is 48.0 Å². The largest absolute Gasteiger partial charge is 0.478 e. The molecule has 0 saturated heterocycles. The molecule has 3 aromatic carbocycles. The molecule has 0 bridgehead atoms. The molecule has 0 aliphatic carbocycles. The molecule has 160 valence electrons. The molecule has 9 heteroatoms. The van der Waals surface area contributed by atoms with Crippen LogP contribution < -0.4 is 4.72 Å². The Hall–Kier alpha value is -3.36. The maximum absolute atomic E-state index is 12.8. The summed E-state index contributed by atoms with van der Waals surface area (Å²) in [5, 5.41) is 9.48. The first-order valence-electron chi connectivity index (χ1n) is 9.02. The van der Waals surface area contributed by atoms with Gasteiger partial charge in [-0.25, -0.2) is 13.2 Å². The summed E-state index contributed by atoms with van der Waals surface area (Å²) in [6.45, 7) is 0. The molecule has 3 aromatic rings. The second kappa shape index (κ2) is 9.20. The standard InChI is InChI=1S/C22H18ClNO6S/c1-30-21(25)12-15-4-2-3-5-18(15)14-6-9-17(10-7-14)31(28,29)24-20-11-8-16(23)13-19(20)22(26)27/h2-11,13,24H,12H2,1H3,(H,26,27). The van der Waals surface area contributed by atoms with Crippen molar-refractivity contribution in [2.75, 3.05) is 11.8 Å². The van der Waals surface area contributed by atoms with E-state index in [1.165, 1.54) is 37.4 Å². The normalized spacial score (nSPS) is 11.0. The molecule has 31 heavy (non-hydrogen) atoms. The summed E-state index contributed by atoms with van der Waals surface area (Å²) in [6.07, 6.45) is 0.0861. The summed E-state index contributed by atoms with van der Waals surface area (Å²) in [6, 6.07) is 17.1. The Labute approximate surface area is 184 Å². The van der Waals surface area contributed by atoms with Gasteiger partial charge in [-0.05, 0) is 47.0 Å². The van der Waals surface area contributed by atoms with E-state index in [1.54, 1.807) is 24.3 Å². The highest BCUT2D eigenvalue weighted by Gasteiger charge is 2.19. The van der Waals surface area contributed by atoms with Gasteiger partial charge >= 0.3 is 11.9 Å². The van der Waals surface area contributed by atoms with Gasteiger partial charge in [-0.3, -0.25) is 9.52 Å². The van der Waals surface area contributed by atoms with E-state index in [4.69, 9.17) is 16.3 Å². The van der Waals surface area contributed by atoms with E-state index in [0.717, 1.165) is 16.7 Å². The zero-order valence-electron chi connectivity index (χ0n) is 16.3. The second-order valence-electron chi connectivity index (χ2n) is 6.53. The molecule has 0 radical (unpaired) electrons. The average molecular weight is 460 g/mol. The van der Waals surface area contributed by atoms with Crippen molar-refractivity contribution in [2.45, 2.75) is 11.3 Å². The number of aromatic carboxylic acids is 1. The third-order valence-corrected chi connectivity index (χ3v) is 6.13. The van der Waals surface area contributed by atoms with Crippen LogP contribution in [0.2, 0.25) is 5.02 Å². The lowest BCUT2D eigenvalue weighted by molar-refractivity contribution is -0.139. The number of anilines is 1. The highest BCUT2D eigenvalue weighted by molar-refractivity contribution is 7.92. The van der Waals surface area contributed by atoms with Gasteiger partial charge in [-0.2, -0.15) is 0 Å². The van der Waals surface area contributed by atoms with Gasteiger partial charge in [0.2, 0.25) is 0 Å². The van der Waals surface area contributed by atoms with Crippen molar-refractivity contribution in [3.05, 3.63) is 82.9 Å². The zero-order chi connectivity index (χ0) is 22.6. The number of halogens is 1. The smallest absolute Gasteiger partial charge is 0.337 e. The fourth-order valence-electron chi connectivity index (χ4n) is 2.98. The number of methoxy groups -OCH3 is 1. The number of rotatable bonds is 7. The number of carbonyl (C=O) groups excluding carboxylic acids is 1. The number of nitrogens with one attached hydrogen (secondary N) is 1. The summed E-state index contributed by atoms with van der Waals surface area (Å²) in [4.78, 5) is 23.0. The summed E-state index contributed by atoms with van der Waals surface area (Å²) in [5.41, 5.74) is 1.89. The average Bonchev–Trinajstić information content (AvgIpc) is 2.75. The molecule has 0 fully saturated rings. The topological polar surface area (TPSA) is 110 Å². The van der Waals surface area contributed by atoms with Crippen molar-refractivity contribution in [1.82, 2.24) is 0 Å². The van der Waals surface area contributed by atoms with E-state index in [-0.39, 0.29) is 33.6 Å². The Bertz CT molecular complexity index is 1240. The highest BCUT2D eigenvalue weighted by atomic mass is 35.5. The van der Waals surface area contributed by atoms with Gasteiger partial charge in [0.1, 0.15) is 0 Å². The van der Waals surface area contributed by atoms with Gasteiger partial charge in [0.15, 0.2) is 0 Å². The maximum Gasteiger partial charge on any atom is 0.337 e. The van der Waals surface area contributed by atoms with Crippen molar-refractivity contribution in [3.8, 4) is 11.1 Å². The molecule has 0 aliphatic heterocycles. The molecule has 3 rings (SSSR count). The molecule has 0 spiro atoms. The Balaban J connectivity index is 1.90. The van der Waals surface area contributed by atoms with Gasteiger partial charge in [0.05, 0.1) is 29.7 Å². The molecule has 0 atom stereocenters. The fraction of sp³-hybridized carbons (Fsp3) is 0.0909. The lowest BCUT2D eigenvalue weighted by Gasteiger charge is -2.12. The van der Waals surface area contributed by atoms with Gasteiger partial charge < -0.3 is 9.84 Å². The lowest BCUT2D eigenvalue weighted by atomic mass is 9.98. The van der Waals surface area contributed by atoms with Crippen molar-refractivity contribution in [3.63, 3.8) is 0 Å². The van der Waals surface area contributed by atoms with E-state index >= 15 is 0 Å². The van der Waals surface area contributed by atoms with Crippen molar-refractivity contribution < 1.29 is 27.9 Å². The number of esters is 1. The number of carbonyl (C=O) groups is 2. The Morgan fingerprint density at radius 2 is 1.71 bits per heavy atom. The number of hydrogen-bond acceptors (Lipinski definition) is 5. The van der Waals surface area contributed by atoms with Crippen LogP contribution in [0.3, 0.4) is 0 Å².